The Hall–Kier alpha value is -0.370. The lowest BCUT2D eigenvalue weighted by Crippen LogP contribution is -2.65. The largest absolute Gasteiger partial charge is 0.394 e. The molecule has 4 heterocycles. The van der Waals surface area contributed by atoms with Crippen LogP contribution in [-0.4, -0.2) is 94.1 Å². The number of rotatable bonds is 9. The third-order valence-corrected chi connectivity index (χ3v) is 18.8. The van der Waals surface area contributed by atoms with Crippen LogP contribution in [0.5, 0.6) is 0 Å². The van der Waals surface area contributed by atoms with E-state index in [2.05, 4.69) is 39.1 Å². The number of amides is 1. The highest BCUT2D eigenvalue weighted by Crippen LogP contribution is 2.70. The van der Waals surface area contributed by atoms with Gasteiger partial charge in [-0.25, -0.2) is 0 Å². The maximum Gasteiger partial charge on any atom is 0.220 e. The highest BCUT2D eigenvalue weighted by atomic mass is 33.1. The molecule has 17 atom stereocenters. The molecular formula is C41H65NO8S2. The summed E-state index contributed by atoms with van der Waals surface area (Å²) in [5.41, 5.74) is 1.89. The van der Waals surface area contributed by atoms with Gasteiger partial charge in [-0.05, 0) is 111 Å². The van der Waals surface area contributed by atoms with Gasteiger partial charge >= 0.3 is 0 Å². The molecule has 0 aromatic heterocycles. The monoisotopic (exact) mass is 763 g/mol. The topological polar surface area (TPSA) is 127 Å². The molecule has 11 heteroatoms. The number of carbonyl (C=O) groups is 1. The molecule has 294 valence electrons. The normalized spacial score (nSPS) is 51.3. The fraction of sp³-hybridized carbons (Fsp3) is 0.927. The van der Waals surface area contributed by atoms with Gasteiger partial charge < -0.3 is 39.6 Å². The van der Waals surface area contributed by atoms with Crippen LogP contribution < -0.4 is 5.32 Å². The van der Waals surface area contributed by atoms with Crippen LogP contribution in [-0.2, 0) is 23.7 Å². The molecule has 4 aliphatic heterocycles. The number of carbonyl (C=O) groups excluding carboxylic acids is 1. The molecule has 7 fully saturated rings. The average molecular weight is 764 g/mol. The predicted molar refractivity (Wildman–Crippen MR) is 203 cm³/mol. The van der Waals surface area contributed by atoms with Crippen molar-refractivity contribution in [3.05, 3.63) is 11.6 Å². The van der Waals surface area contributed by atoms with E-state index in [4.69, 9.17) is 18.9 Å². The molecular weight excluding hydrogens is 699 g/mol. The SMILES string of the molecule is C[C@@H]1CC[C@@]2(OC1)O[C@H]1C[C@H]3[C@@H]4CC=C5C[C@@H](OC6O[C@H](CO)[C@@H](O)[C@H](O)[C@H]6NC(=O)CCCCC6CCSS6)CC[C@]5(C)[C@H]4CC[C@]3(C)[C@H]1[C@@H]2C. The van der Waals surface area contributed by atoms with Gasteiger partial charge in [0.15, 0.2) is 12.1 Å². The number of allylic oxidation sites excluding steroid dienone is 1. The number of hydrogen-bond acceptors (Lipinski definition) is 10. The predicted octanol–water partition coefficient (Wildman–Crippen LogP) is 6.38. The molecule has 9 nitrogen and oxygen atoms in total. The standard InChI is InChI=1S/C41H65NO8S2/c1-23-11-17-41(47-22-23)24(2)34-31(50-41)20-30-28-10-9-25-19-26(12-15-39(25,3)29(28)13-16-40(30,34)4)48-38-35(37(46)36(45)32(21-43)49-38)42-33(44)8-6-5-7-27-14-18-51-52-27/h9,23-24,26-32,34-38,43,45-46H,5-8,10-22H2,1-4H3,(H,42,44)/t23-,24+,26+,27?,28-,29+,30+,31+,32-,34+,35-,36-,37-,38?,39+,40+,41-/m1/s1. The van der Waals surface area contributed by atoms with Crippen LogP contribution in [0.2, 0.25) is 0 Å². The third kappa shape index (κ3) is 6.77. The van der Waals surface area contributed by atoms with Gasteiger partial charge in [0.1, 0.15) is 24.4 Å². The van der Waals surface area contributed by atoms with Gasteiger partial charge in [0.05, 0.1) is 25.4 Å². The van der Waals surface area contributed by atoms with Crippen LogP contribution in [0.25, 0.3) is 0 Å². The second-order valence-electron chi connectivity index (χ2n) is 18.7. The van der Waals surface area contributed by atoms with E-state index in [1.165, 1.54) is 37.0 Å². The lowest BCUT2D eigenvalue weighted by molar-refractivity contribution is -0.284. The summed E-state index contributed by atoms with van der Waals surface area (Å²) < 4.78 is 26.3. The zero-order valence-corrected chi connectivity index (χ0v) is 33.5. The van der Waals surface area contributed by atoms with Gasteiger partial charge in [-0.1, -0.05) is 67.4 Å². The van der Waals surface area contributed by atoms with Crippen molar-refractivity contribution in [2.45, 2.75) is 171 Å². The van der Waals surface area contributed by atoms with Gasteiger partial charge in [0.25, 0.3) is 0 Å². The minimum Gasteiger partial charge on any atom is -0.394 e. The summed E-state index contributed by atoms with van der Waals surface area (Å²) in [7, 11) is 3.90. The molecule has 4 aliphatic carbocycles. The summed E-state index contributed by atoms with van der Waals surface area (Å²) >= 11 is 0. The number of unbranched alkanes of at least 4 members (excludes halogenated alkanes) is 1. The first-order valence-corrected chi connectivity index (χ1v) is 23.2. The van der Waals surface area contributed by atoms with Gasteiger partial charge in [-0.15, -0.1) is 0 Å². The Morgan fingerprint density at radius 1 is 1.06 bits per heavy atom. The Labute approximate surface area is 319 Å². The number of fused-ring (bicyclic) bond motifs is 7. The van der Waals surface area contributed by atoms with E-state index in [0.717, 1.165) is 64.4 Å². The second kappa shape index (κ2) is 15.2. The molecule has 1 amide bonds. The second-order valence-corrected chi connectivity index (χ2v) is 21.4. The summed E-state index contributed by atoms with van der Waals surface area (Å²) in [6, 6.07) is -0.908. The highest BCUT2D eigenvalue weighted by Gasteiger charge is 2.68. The lowest BCUT2D eigenvalue weighted by atomic mass is 9.47. The van der Waals surface area contributed by atoms with E-state index >= 15 is 0 Å². The maximum absolute atomic E-state index is 13.1. The van der Waals surface area contributed by atoms with Crippen molar-refractivity contribution in [2.24, 2.45) is 46.3 Å². The first-order chi connectivity index (χ1) is 25.0. The Balaban J connectivity index is 0.910. The summed E-state index contributed by atoms with van der Waals surface area (Å²) in [5, 5.41) is 35.5. The maximum atomic E-state index is 13.1. The smallest absolute Gasteiger partial charge is 0.220 e. The van der Waals surface area contributed by atoms with Crippen LogP contribution in [0.15, 0.2) is 11.6 Å². The lowest BCUT2D eigenvalue weighted by Gasteiger charge is -2.58. The van der Waals surface area contributed by atoms with Gasteiger partial charge in [0.2, 0.25) is 5.91 Å². The quantitative estimate of drug-likeness (QED) is 0.120. The fourth-order valence-electron chi connectivity index (χ4n) is 12.8. The fourth-order valence-corrected chi connectivity index (χ4v) is 15.8. The van der Waals surface area contributed by atoms with Crippen LogP contribution in [0.1, 0.15) is 118 Å². The van der Waals surface area contributed by atoms with Crippen molar-refractivity contribution in [1.29, 1.82) is 0 Å². The molecule has 52 heavy (non-hydrogen) atoms. The van der Waals surface area contributed by atoms with E-state index in [0.29, 0.717) is 53.3 Å². The first kappa shape index (κ1) is 38.5. The molecule has 0 aromatic rings. The molecule has 8 aliphatic rings. The molecule has 0 radical (unpaired) electrons. The number of nitrogens with one attached hydrogen (secondary N) is 1. The summed E-state index contributed by atoms with van der Waals surface area (Å²) in [5.74, 6) is 4.23. The summed E-state index contributed by atoms with van der Waals surface area (Å²) in [6.07, 6.45) is 12.3. The first-order valence-electron chi connectivity index (χ1n) is 20.8. The van der Waals surface area contributed by atoms with E-state index in [-0.39, 0.29) is 28.6 Å². The van der Waals surface area contributed by atoms with Crippen molar-refractivity contribution in [2.75, 3.05) is 19.0 Å². The zero-order valence-electron chi connectivity index (χ0n) is 31.9. The Morgan fingerprint density at radius 2 is 1.90 bits per heavy atom. The number of hydrogen-bond donors (Lipinski definition) is 4. The number of aliphatic hydroxyl groups excluding tert-OH is 3. The van der Waals surface area contributed by atoms with Crippen molar-refractivity contribution in [1.82, 2.24) is 5.32 Å². The molecule has 4 N–H and O–H groups in total. The minimum atomic E-state index is -1.32. The Morgan fingerprint density at radius 3 is 2.65 bits per heavy atom. The van der Waals surface area contributed by atoms with E-state index < -0.39 is 37.3 Å². The van der Waals surface area contributed by atoms with Crippen LogP contribution in [0.3, 0.4) is 0 Å². The van der Waals surface area contributed by atoms with Crippen molar-refractivity contribution in [3.8, 4) is 0 Å². The average Bonchev–Trinajstić information content (AvgIpc) is 3.82. The third-order valence-electron chi connectivity index (χ3n) is 15.8. The minimum absolute atomic E-state index is 0.123. The van der Waals surface area contributed by atoms with Crippen LogP contribution in [0.4, 0.5) is 0 Å². The van der Waals surface area contributed by atoms with Gasteiger partial charge in [0, 0.05) is 29.8 Å². The van der Waals surface area contributed by atoms with Crippen molar-refractivity contribution in [3.63, 3.8) is 0 Å². The van der Waals surface area contributed by atoms with E-state index in [9.17, 15) is 20.1 Å². The van der Waals surface area contributed by atoms with Gasteiger partial charge in [-0.2, -0.15) is 0 Å². The van der Waals surface area contributed by atoms with Crippen LogP contribution >= 0.6 is 21.6 Å². The molecule has 1 spiro atoms. The highest BCUT2D eigenvalue weighted by molar-refractivity contribution is 8.77. The van der Waals surface area contributed by atoms with Crippen LogP contribution in [0, 0.1) is 46.3 Å². The van der Waals surface area contributed by atoms with Gasteiger partial charge in [-0.3, -0.25) is 4.79 Å². The summed E-state index contributed by atoms with van der Waals surface area (Å²) in [4.78, 5) is 13.1. The molecule has 3 saturated carbocycles. The summed E-state index contributed by atoms with van der Waals surface area (Å²) in [6.45, 7) is 10.2. The Bertz CT molecular complexity index is 1320. The molecule has 2 unspecified atom stereocenters. The molecule has 4 saturated heterocycles. The van der Waals surface area contributed by atoms with E-state index in [1.807, 2.05) is 21.6 Å². The number of aliphatic hydroxyl groups is 3. The van der Waals surface area contributed by atoms with Crippen molar-refractivity contribution >= 4 is 27.5 Å². The van der Waals surface area contributed by atoms with E-state index in [1.54, 1.807) is 0 Å². The zero-order chi connectivity index (χ0) is 36.4. The Kier molecular flexibility index (Phi) is 11.2. The number of ether oxygens (including phenoxy) is 4. The molecule has 0 bridgehead atoms. The van der Waals surface area contributed by atoms with Crippen molar-refractivity contribution < 1.29 is 39.1 Å². The molecule has 0 aromatic carbocycles. The molecule has 8 rings (SSSR count).